The highest BCUT2D eigenvalue weighted by atomic mass is 35.5. The quantitative estimate of drug-likeness (QED) is 0.651. The number of nitrogens with zero attached hydrogens (tertiary/aromatic N) is 2. The van der Waals surface area contributed by atoms with Crippen LogP contribution >= 0.6 is 12.4 Å². The second-order valence-electron chi connectivity index (χ2n) is 7.33. The van der Waals surface area contributed by atoms with Crippen molar-refractivity contribution in [3.8, 4) is 0 Å². The lowest BCUT2D eigenvalue weighted by atomic mass is 10.0. The molecule has 152 valence electrons. The van der Waals surface area contributed by atoms with Crippen molar-refractivity contribution >= 4 is 35.0 Å². The number of halogens is 1. The van der Waals surface area contributed by atoms with Gasteiger partial charge in [-0.1, -0.05) is 48.5 Å². The van der Waals surface area contributed by atoms with Crippen molar-refractivity contribution in [1.82, 2.24) is 15.2 Å². The first-order valence-corrected chi connectivity index (χ1v) is 9.95. The van der Waals surface area contributed by atoms with Crippen LogP contribution in [0, 0.1) is 0 Å². The van der Waals surface area contributed by atoms with Crippen LogP contribution in [0.25, 0.3) is 10.9 Å². The number of benzene rings is 2. The number of piperidine rings is 1. The van der Waals surface area contributed by atoms with Gasteiger partial charge in [0.2, 0.25) is 0 Å². The minimum atomic E-state index is -0.140. The maximum atomic E-state index is 12.5. The Morgan fingerprint density at radius 1 is 1.00 bits per heavy atom. The summed E-state index contributed by atoms with van der Waals surface area (Å²) >= 11 is 0. The molecule has 0 radical (unpaired) electrons. The van der Waals surface area contributed by atoms with Crippen molar-refractivity contribution in [2.45, 2.75) is 25.3 Å². The Bertz CT molecular complexity index is 921. The highest BCUT2D eigenvalue weighted by molar-refractivity contribution is 6.00. The predicted molar refractivity (Wildman–Crippen MR) is 121 cm³/mol. The SMILES string of the molecule is Cl.O=C(Nc1ccnc2ccccc12)NC1CCN(CCc2ccccc2)CC1. The van der Waals surface area contributed by atoms with E-state index in [1.54, 1.807) is 6.20 Å². The zero-order valence-corrected chi connectivity index (χ0v) is 17.2. The molecule has 2 amide bonds. The van der Waals surface area contributed by atoms with Gasteiger partial charge in [0.1, 0.15) is 0 Å². The molecule has 1 aliphatic rings. The summed E-state index contributed by atoms with van der Waals surface area (Å²) in [5.74, 6) is 0. The third-order valence-electron chi connectivity index (χ3n) is 5.38. The van der Waals surface area contributed by atoms with E-state index < -0.39 is 0 Å². The maximum absolute atomic E-state index is 12.5. The summed E-state index contributed by atoms with van der Waals surface area (Å²) < 4.78 is 0. The van der Waals surface area contributed by atoms with Crippen LogP contribution in [0.4, 0.5) is 10.5 Å². The number of aromatic nitrogens is 1. The van der Waals surface area contributed by atoms with Gasteiger partial charge in [0, 0.05) is 37.3 Å². The summed E-state index contributed by atoms with van der Waals surface area (Å²) in [6.45, 7) is 3.12. The molecule has 1 fully saturated rings. The highest BCUT2D eigenvalue weighted by Crippen LogP contribution is 2.21. The maximum Gasteiger partial charge on any atom is 0.319 e. The first-order chi connectivity index (χ1) is 13.8. The average molecular weight is 411 g/mol. The van der Waals surface area contributed by atoms with Crippen LogP contribution in [0.3, 0.4) is 0 Å². The number of urea groups is 1. The fourth-order valence-corrected chi connectivity index (χ4v) is 3.78. The smallest absolute Gasteiger partial charge is 0.319 e. The molecule has 0 unspecified atom stereocenters. The molecule has 2 N–H and O–H groups in total. The third-order valence-corrected chi connectivity index (χ3v) is 5.38. The van der Waals surface area contributed by atoms with Crippen LogP contribution in [0.2, 0.25) is 0 Å². The molecule has 1 aromatic heterocycles. The van der Waals surface area contributed by atoms with Gasteiger partial charge in [0.05, 0.1) is 11.2 Å². The Hall–Kier alpha value is -2.63. The van der Waals surface area contributed by atoms with Gasteiger partial charge in [-0.3, -0.25) is 4.98 Å². The van der Waals surface area contributed by atoms with Crippen LogP contribution in [0.1, 0.15) is 18.4 Å². The van der Waals surface area contributed by atoms with Gasteiger partial charge in [-0.25, -0.2) is 4.79 Å². The summed E-state index contributed by atoms with van der Waals surface area (Å²) in [4.78, 5) is 19.3. The van der Waals surface area contributed by atoms with Gasteiger partial charge in [-0.2, -0.15) is 0 Å². The molecule has 2 aromatic carbocycles. The molecule has 29 heavy (non-hydrogen) atoms. The molecule has 5 nitrogen and oxygen atoms in total. The number of likely N-dealkylation sites (tertiary alicyclic amines) is 1. The van der Waals surface area contributed by atoms with E-state index in [1.165, 1.54) is 5.56 Å². The normalized spacial score (nSPS) is 14.9. The predicted octanol–water partition coefficient (Wildman–Crippen LogP) is 4.49. The number of carbonyl (C=O) groups excluding carboxylic acids is 1. The number of para-hydroxylation sites is 1. The third kappa shape index (κ3) is 5.68. The monoisotopic (exact) mass is 410 g/mol. The molecule has 1 aliphatic heterocycles. The number of amides is 2. The van der Waals surface area contributed by atoms with Crippen molar-refractivity contribution in [1.29, 1.82) is 0 Å². The van der Waals surface area contributed by atoms with E-state index >= 15 is 0 Å². The van der Waals surface area contributed by atoms with Gasteiger partial charge in [-0.15, -0.1) is 12.4 Å². The van der Waals surface area contributed by atoms with E-state index in [9.17, 15) is 4.79 Å². The summed E-state index contributed by atoms with van der Waals surface area (Å²) in [7, 11) is 0. The average Bonchev–Trinajstić information content (AvgIpc) is 2.74. The van der Waals surface area contributed by atoms with Crippen molar-refractivity contribution in [2.24, 2.45) is 0 Å². The Kier molecular flexibility index (Phi) is 7.44. The molecule has 6 heteroatoms. The fourth-order valence-electron chi connectivity index (χ4n) is 3.78. The van der Waals surface area contributed by atoms with Gasteiger partial charge < -0.3 is 15.5 Å². The Labute approximate surface area is 177 Å². The number of fused-ring (bicyclic) bond motifs is 1. The summed E-state index contributed by atoms with van der Waals surface area (Å²) in [6.07, 6.45) is 4.77. The Morgan fingerprint density at radius 3 is 2.52 bits per heavy atom. The Morgan fingerprint density at radius 2 is 1.72 bits per heavy atom. The summed E-state index contributed by atoms with van der Waals surface area (Å²) in [5.41, 5.74) is 3.06. The van der Waals surface area contributed by atoms with Gasteiger partial charge in [-0.05, 0) is 37.0 Å². The zero-order valence-electron chi connectivity index (χ0n) is 16.4. The molecule has 0 saturated carbocycles. The number of nitrogens with one attached hydrogen (secondary N) is 2. The number of rotatable bonds is 5. The number of carbonyl (C=O) groups is 1. The van der Waals surface area contributed by atoms with Crippen molar-refractivity contribution in [2.75, 3.05) is 25.0 Å². The first kappa shape index (κ1) is 21.1. The topological polar surface area (TPSA) is 57.3 Å². The number of pyridine rings is 1. The standard InChI is InChI=1S/C23H26N4O.ClH/c28-23(26-22-10-14-24-21-9-5-4-8-20(21)22)25-19-12-16-27(17-13-19)15-11-18-6-2-1-3-7-18;/h1-10,14,19H,11-13,15-17H2,(H2,24,25,26,28);1H. The second-order valence-corrected chi connectivity index (χ2v) is 7.33. The molecule has 0 spiro atoms. The van der Waals surface area contributed by atoms with E-state index in [0.29, 0.717) is 0 Å². The van der Waals surface area contributed by atoms with E-state index in [0.717, 1.165) is 55.5 Å². The van der Waals surface area contributed by atoms with Gasteiger partial charge in [0.15, 0.2) is 0 Å². The molecular formula is C23H27ClN4O. The summed E-state index contributed by atoms with van der Waals surface area (Å²) in [5, 5.41) is 7.07. The van der Waals surface area contributed by atoms with Crippen molar-refractivity contribution in [3.05, 3.63) is 72.4 Å². The van der Waals surface area contributed by atoms with E-state index in [-0.39, 0.29) is 24.5 Å². The molecule has 3 aromatic rings. The van der Waals surface area contributed by atoms with Crippen LogP contribution < -0.4 is 10.6 Å². The van der Waals surface area contributed by atoms with Crippen LogP contribution in [-0.2, 0) is 6.42 Å². The van der Waals surface area contributed by atoms with E-state index in [1.807, 2.05) is 30.3 Å². The molecule has 4 rings (SSSR count). The lowest BCUT2D eigenvalue weighted by molar-refractivity contribution is 0.197. The minimum Gasteiger partial charge on any atom is -0.335 e. The number of anilines is 1. The number of hydrogen-bond donors (Lipinski definition) is 2. The minimum absolute atomic E-state index is 0. The largest absolute Gasteiger partial charge is 0.335 e. The molecule has 2 heterocycles. The van der Waals surface area contributed by atoms with Crippen LogP contribution in [0.5, 0.6) is 0 Å². The van der Waals surface area contributed by atoms with Crippen LogP contribution in [-0.4, -0.2) is 41.6 Å². The van der Waals surface area contributed by atoms with Crippen LogP contribution in [0.15, 0.2) is 66.9 Å². The molecule has 0 bridgehead atoms. The van der Waals surface area contributed by atoms with E-state index in [4.69, 9.17) is 0 Å². The lowest BCUT2D eigenvalue weighted by Gasteiger charge is -2.32. The molecule has 0 atom stereocenters. The fraction of sp³-hybridized carbons (Fsp3) is 0.304. The van der Waals surface area contributed by atoms with Gasteiger partial charge >= 0.3 is 6.03 Å². The van der Waals surface area contributed by atoms with E-state index in [2.05, 4.69) is 50.8 Å². The van der Waals surface area contributed by atoms with Crippen molar-refractivity contribution < 1.29 is 4.79 Å². The molecular weight excluding hydrogens is 384 g/mol. The lowest BCUT2D eigenvalue weighted by Crippen LogP contribution is -2.46. The second kappa shape index (κ2) is 10.2. The number of hydrogen-bond acceptors (Lipinski definition) is 3. The highest BCUT2D eigenvalue weighted by Gasteiger charge is 2.20. The van der Waals surface area contributed by atoms with Crippen molar-refractivity contribution in [3.63, 3.8) is 0 Å². The zero-order chi connectivity index (χ0) is 19.2. The van der Waals surface area contributed by atoms with Gasteiger partial charge in [0.25, 0.3) is 0 Å². The summed E-state index contributed by atoms with van der Waals surface area (Å²) in [6, 6.07) is 20.4. The first-order valence-electron chi connectivity index (χ1n) is 9.95. The molecule has 1 saturated heterocycles. The Balaban J connectivity index is 0.00000240. The molecule has 0 aliphatic carbocycles.